The normalized spacial score (nSPS) is 11.7. The minimum Gasteiger partial charge on any atom is -0.0654 e. The molecule has 470 valence electrons. The molecule has 0 spiro atoms. The zero-order chi connectivity index (χ0) is 61.5. The van der Waals surface area contributed by atoms with E-state index in [1.807, 2.05) is 0 Å². The predicted octanol–water partition coefficient (Wildman–Crippen LogP) is 23.0. The molecule has 6 aromatic rings. The first-order valence-electron chi connectivity index (χ1n) is 36.6. The molecule has 0 saturated heterocycles. The van der Waals surface area contributed by atoms with Gasteiger partial charge in [0.05, 0.1) is 0 Å². The number of unbranched alkanes of at least 4 members (excludes halogenated alkanes) is 12. The van der Waals surface area contributed by atoms with Crippen LogP contribution in [0, 0.1) is 0 Å². The SMILES string of the molecule is CCCCc1ccc(P(c2ccccc2-c2ccccc2P(c2ccc(CCCC)c(CCCC)c2CCCC)c2ccc(CCCC)c(CCCC)c2CCCC)c2ccc(CCCC)c(CCCC)c2CCCC)c(CCCC)c1CCCC. The van der Waals surface area contributed by atoms with Crippen LogP contribution >= 0.6 is 15.8 Å². The van der Waals surface area contributed by atoms with Gasteiger partial charge in [0.2, 0.25) is 0 Å². The van der Waals surface area contributed by atoms with Crippen LogP contribution in [0.5, 0.6) is 0 Å². The summed E-state index contributed by atoms with van der Waals surface area (Å²) in [4.78, 5) is 0. The third kappa shape index (κ3) is 19.1. The van der Waals surface area contributed by atoms with Crippen molar-refractivity contribution in [1.82, 2.24) is 0 Å². The Morgan fingerprint density at radius 2 is 0.372 bits per heavy atom. The summed E-state index contributed by atoms with van der Waals surface area (Å²) in [6.45, 7) is 28.9. The molecule has 0 aliphatic rings. The fraction of sp³-hybridized carbons (Fsp3) is 0.571. The molecule has 0 radical (unpaired) electrons. The molecule has 86 heavy (non-hydrogen) atoms. The van der Waals surface area contributed by atoms with Crippen LogP contribution in [0.25, 0.3) is 11.1 Å². The smallest absolute Gasteiger partial charge is 0.00722 e. The van der Waals surface area contributed by atoms with E-state index in [0.717, 1.165) is 0 Å². The molecule has 0 aliphatic heterocycles. The lowest BCUT2D eigenvalue weighted by atomic mass is 9.90. The summed E-state index contributed by atoms with van der Waals surface area (Å²) >= 11 is 0. The van der Waals surface area contributed by atoms with Crippen LogP contribution in [-0.2, 0) is 77.0 Å². The van der Waals surface area contributed by atoms with E-state index in [4.69, 9.17) is 0 Å². The second-order valence-electron chi connectivity index (χ2n) is 25.8. The van der Waals surface area contributed by atoms with Gasteiger partial charge in [0.15, 0.2) is 0 Å². The Morgan fingerprint density at radius 3 is 0.581 bits per heavy atom. The summed E-state index contributed by atoms with van der Waals surface area (Å²) in [5.41, 5.74) is 23.2. The van der Waals surface area contributed by atoms with Gasteiger partial charge in [-0.25, -0.2) is 0 Å². The lowest BCUT2D eigenvalue weighted by molar-refractivity contribution is 0.736. The van der Waals surface area contributed by atoms with E-state index in [1.54, 1.807) is 98.6 Å². The Balaban J connectivity index is 1.86. The van der Waals surface area contributed by atoms with E-state index in [-0.39, 0.29) is 0 Å². The van der Waals surface area contributed by atoms with E-state index in [1.165, 1.54) is 242 Å². The second kappa shape index (κ2) is 40.0. The fourth-order valence-corrected chi connectivity index (χ4v) is 19.8. The van der Waals surface area contributed by atoms with Crippen LogP contribution in [0.1, 0.15) is 304 Å². The highest BCUT2D eigenvalue weighted by molar-refractivity contribution is 7.81. The van der Waals surface area contributed by atoms with Crippen molar-refractivity contribution in [1.29, 1.82) is 0 Å². The van der Waals surface area contributed by atoms with E-state index >= 15 is 0 Å². The first-order chi connectivity index (χ1) is 42.3. The highest BCUT2D eigenvalue weighted by Crippen LogP contribution is 2.46. The van der Waals surface area contributed by atoms with Crippen LogP contribution in [0.3, 0.4) is 0 Å². The summed E-state index contributed by atoms with van der Waals surface area (Å²) < 4.78 is 0. The molecule has 0 N–H and O–H groups in total. The van der Waals surface area contributed by atoms with Gasteiger partial charge in [-0.1, -0.05) is 257 Å². The Hall–Kier alpha value is -3.82. The third-order valence-corrected chi connectivity index (χ3v) is 24.3. The maximum Gasteiger partial charge on any atom is -0.00722 e. The molecule has 0 nitrogen and oxygen atoms in total. The summed E-state index contributed by atoms with van der Waals surface area (Å²) in [6.07, 6.45) is 43.9. The minimum absolute atomic E-state index is 0.985. The zero-order valence-corrected chi connectivity index (χ0v) is 59.4. The van der Waals surface area contributed by atoms with Crippen LogP contribution in [0.2, 0.25) is 0 Å². The van der Waals surface area contributed by atoms with Crippen LogP contribution in [0.15, 0.2) is 97.1 Å². The lowest BCUT2D eigenvalue weighted by Gasteiger charge is -2.33. The number of rotatable bonds is 43. The van der Waals surface area contributed by atoms with Gasteiger partial charge in [0.25, 0.3) is 0 Å². The Labute approximate surface area is 533 Å². The number of benzene rings is 6. The van der Waals surface area contributed by atoms with Crippen molar-refractivity contribution >= 4 is 47.7 Å². The zero-order valence-electron chi connectivity index (χ0n) is 57.6. The molecule has 0 aliphatic carbocycles. The van der Waals surface area contributed by atoms with E-state index in [2.05, 4.69) is 180 Å². The van der Waals surface area contributed by atoms with Gasteiger partial charge in [-0.05, 0) is 280 Å². The molecule has 0 unspecified atom stereocenters. The predicted molar refractivity (Wildman–Crippen MR) is 393 cm³/mol. The lowest BCUT2D eigenvalue weighted by Crippen LogP contribution is -2.31. The number of hydrogen-bond donors (Lipinski definition) is 0. The molecule has 0 bridgehead atoms. The van der Waals surface area contributed by atoms with Crippen LogP contribution in [0.4, 0.5) is 0 Å². The Morgan fingerprint density at radius 1 is 0.186 bits per heavy atom. The maximum atomic E-state index is 2.73. The van der Waals surface area contributed by atoms with Gasteiger partial charge < -0.3 is 0 Å². The Kier molecular flexibility index (Phi) is 33.2. The highest BCUT2D eigenvalue weighted by atomic mass is 31.1. The highest BCUT2D eigenvalue weighted by Gasteiger charge is 2.33. The summed E-state index contributed by atoms with van der Waals surface area (Å²) in [5.74, 6) is 0. The molecular formula is C84H124P2. The molecule has 0 saturated carbocycles. The number of aryl methyl sites for hydroxylation is 4. The van der Waals surface area contributed by atoms with Gasteiger partial charge >= 0.3 is 0 Å². The van der Waals surface area contributed by atoms with Crippen molar-refractivity contribution in [2.24, 2.45) is 0 Å². The second-order valence-corrected chi connectivity index (χ2v) is 30.0. The first kappa shape index (κ1) is 71.3. The molecule has 0 heterocycles. The van der Waals surface area contributed by atoms with Crippen LogP contribution < -0.4 is 31.8 Å². The van der Waals surface area contributed by atoms with Gasteiger partial charge in [-0.15, -0.1) is 0 Å². The summed E-state index contributed by atoms with van der Waals surface area (Å²) in [6, 6.07) is 41.8. The maximum absolute atomic E-state index is 2.73. The van der Waals surface area contributed by atoms with E-state index < -0.39 is 15.8 Å². The van der Waals surface area contributed by atoms with Gasteiger partial charge in [-0.2, -0.15) is 0 Å². The monoisotopic (exact) mass is 1190 g/mol. The topological polar surface area (TPSA) is 0 Å². The first-order valence-corrected chi connectivity index (χ1v) is 39.3. The van der Waals surface area contributed by atoms with Crippen molar-refractivity contribution in [3.05, 3.63) is 164 Å². The molecule has 0 aromatic heterocycles. The van der Waals surface area contributed by atoms with Crippen molar-refractivity contribution in [2.45, 2.75) is 314 Å². The van der Waals surface area contributed by atoms with Gasteiger partial charge in [0, 0.05) is 0 Å². The summed E-state index contributed by atoms with van der Waals surface area (Å²) in [5, 5.41) is 9.76. The average molecular weight is 1200 g/mol. The molecule has 0 amide bonds. The minimum atomic E-state index is -0.985. The standard InChI is InChI=1S/C84H124P2/c1-13-25-41-65-57-61-81(73(49-33-21-9)69(65)45-29-17-5)85(82-62-58-66(42-26-14-2)70(46-30-18-6)74(82)50-34-22-10)79-55-39-37-53-77(79)78-54-38-40-56-80(78)86(83-63-59-67(43-27-15-3)71(47-31-19-7)75(83)51-35-23-11)84-64-60-68(44-28-16-4)72(48-32-20-8)76(84)52-36-24-12/h37-40,53-64H,13-36,41-52H2,1-12H3. The largest absolute Gasteiger partial charge is 0.0654 e. The van der Waals surface area contributed by atoms with Crippen LogP contribution in [-0.4, -0.2) is 0 Å². The average Bonchev–Trinajstić information content (AvgIpc) is 0.835. The molecular weight excluding hydrogens is 1070 g/mol. The van der Waals surface area contributed by atoms with E-state index in [0.29, 0.717) is 0 Å². The molecule has 6 aromatic carbocycles. The molecule has 6 rings (SSSR count). The summed E-state index contributed by atoms with van der Waals surface area (Å²) in [7, 11) is -1.97. The van der Waals surface area contributed by atoms with Crippen molar-refractivity contribution in [3.8, 4) is 11.1 Å². The number of hydrogen-bond acceptors (Lipinski definition) is 0. The molecule has 0 atom stereocenters. The van der Waals surface area contributed by atoms with Crippen molar-refractivity contribution in [2.75, 3.05) is 0 Å². The van der Waals surface area contributed by atoms with Gasteiger partial charge in [0.1, 0.15) is 0 Å². The quantitative estimate of drug-likeness (QED) is 0.0335. The van der Waals surface area contributed by atoms with Crippen molar-refractivity contribution < 1.29 is 0 Å². The van der Waals surface area contributed by atoms with Crippen molar-refractivity contribution in [3.63, 3.8) is 0 Å². The van der Waals surface area contributed by atoms with Gasteiger partial charge in [-0.3, -0.25) is 0 Å². The fourth-order valence-electron chi connectivity index (χ4n) is 13.9. The molecule has 2 heteroatoms. The third-order valence-electron chi connectivity index (χ3n) is 19.0. The molecule has 0 fully saturated rings. The Bertz CT molecular complexity index is 2550. The van der Waals surface area contributed by atoms with E-state index in [9.17, 15) is 0 Å².